The molecule has 5 atom stereocenters. The van der Waals surface area contributed by atoms with Gasteiger partial charge in [-0.25, -0.2) is 0 Å². The molecule has 4 aliphatic rings. The predicted molar refractivity (Wildman–Crippen MR) is 74.4 cm³/mol. The molecule has 0 heterocycles. The van der Waals surface area contributed by atoms with Crippen LogP contribution in [0.15, 0.2) is 0 Å². The third-order valence-corrected chi connectivity index (χ3v) is 6.57. The molecular weight excluding hydrogens is 343 g/mol. The zero-order valence-electron chi connectivity index (χ0n) is 10.5. The SMILES string of the molecule is O=C(CCI)OC12CC3CC4CC(O)(C1)CC43C2. The van der Waals surface area contributed by atoms with Gasteiger partial charge in [0.1, 0.15) is 5.60 Å². The number of ether oxygens (including phenoxy) is 1. The molecule has 0 radical (unpaired) electrons. The van der Waals surface area contributed by atoms with Gasteiger partial charge in [-0.15, -0.1) is 0 Å². The second kappa shape index (κ2) is 3.43. The predicted octanol–water partition coefficient (Wildman–Crippen LogP) is 2.44. The number of fused-ring (bicyclic) bond motifs is 2. The third kappa shape index (κ3) is 1.37. The van der Waals surface area contributed by atoms with E-state index >= 15 is 0 Å². The number of carbonyl (C=O) groups is 1. The van der Waals surface area contributed by atoms with E-state index in [1.54, 1.807) is 0 Å². The van der Waals surface area contributed by atoms with Gasteiger partial charge in [0.25, 0.3) is 0 Å². The van der Waals surface area contributed by atoms with E-state index in [4.69, 9.17) is 4.74 Å². The molecule has 0 aromatic heterocycles. The largest absolute Gasteiger partial charge is 0.459 e. The number of alkyl halides is 1. The van der Waals surface area contributed by atoms with Crippen molar-refractivity contribution in [1.82, 2.24) is 0 Å². The lowest BCUT2D eigenvalue weighted by Gasteiger charge is -2.49. The number of halogens is 1. The number of carbonyl (C=O) groups excluding carboxylic acids is 1. The first-order valence-corrected chi connectivity index (χ1v) is 8.52. The van der Waals surface area contributed by atoms with E-state index in [1.165, 1.54) is 6.42 Å². The van der Waals surface area contributed by atoms with Crippen molar-refractivity contribution in [3.8, 4) is 0 Å². The summed E-state index contributed by atoms with van der Waals surface area (Å²) in [5, 5.41) is 10.7. The summed E-state index contributed by atoms with van der Waals surface area (Å²) in [5.74, 6) is 1.36. The fourth-order valence-electron chi connectivity index (χ4n) is 5.82. The average Bonchev–Trinajstić information content (AvgIpc) is 2.52. The minimum absolute atomic E-state index is 0.0662. The summed E-state index contributed by atoms with van der Waals surface area (Å²) in [6.07, 6.45) is 6.43. The molecule has 5 unspecified atom stereocenters. The Labute approximate surface area is 121 Å². The van der Waals surface area contributed by atoms with Gasteiger partial charge in [-0.2, -0.15) is 0 Å². The molecule has 0 aromatic carbocycles. The van der Waals surface area contributed by atoms with Gasteiger partial charge in [0, 0.05) is 10.8 Å². The van der Waals surface area contributed by atoms with Gasteiger partial charge in [0.15, 0.2) is 0 Å². The lowest BCUT2D eigenvalue weighted by atomic mass is 9.56. The van der Waals surface area contributed by atoms with Crippen molar-refractivity contribution in [2.24, 2.45) is 17.3 Å². The second-order valence-electron chi connectivity index (χ2n) is 7.12. The summed E-state index contributed by atoms with van der Waals surface area (Å²) >= 11 is 2.21. The zero-order chi connectivity index (χ0) is 12.6. The maximum atomic E-state index is 11.8. The van der Waals surface area contributed by atoms with E-state index in [0.717, 1.165) is 30.1 Å². The van der Waals surface area contributed by atoms with Gasteiger partial charge >= 0.3 is 5.97 Å². The molecule has 100 valence electrons. The zero-order valence-corrected chi connectivity index (χ0v) is 12.6. The molecule has 4 saturated carbocycles. The minimum Gasteiger partial charge on any atom is -0.459 e. The van der Waals surface area contributed by atoms with Crippen LogP contribution in [-0.2, 0) is 9.53 Å². The molecule has 18 heavy (non-hydrogen) atoms. The molecule has 0 aromatic rings. The van der Waals surface area contributed by atoms with Gasteiger partial charge in [0.2, 0.25) is 0 Å². The summed E-state index contributed by atoms with van der Waals surface area (Å²) in [7, 11) is 0. The van der Waals surface area contributed by atoms with Crippen LogP contribution >= 0.6 is 22.6 Å². The van der Waals surface area contributed by atoms with Crippen molar-refractivity contribution in [2.45, 2.75) is 56.1 Å². The van der Waals surface area contributed by atoms with E-state index in [-0.39, 0.29) is 11.6 Å². The van der Waals surface area contributed by atoms with Gasteiger partial charge in [-0.1, -0.05) is 22.6 Å². The van der Waals surface area contributed by atoms with Crippen molar-refractivity contribution < 1.29 is 14.6 Å². The molecular formula is C14H19IO3. The normalized spacial score (nSPS) is 55.2. The number of rotatable bonds is 3. The summed E-state index contributed by atoms with van der Waals surface area (Å²) < 4.78 is 6.66. The molecule has 4 rings (SSSR count). The van der Waals surface area contributed by atoms with Gasteiger partial charge in [0.05, 0.1) is 12.0 Å². The standard InChI is InChI=1S/C14H19IO3/c15-2-1-11(16)18-13-5-10-3-9-4-12(17,6-13)7-14(9,10)8-13/h9-10,17H,1-8H2. The molecule has 4 aliphatic carbocycles. The van der Waals surface area contributed by atoms with Crippen molar-refractivity contribution in [1.29, 1.82) is 0 Å². The van der Waals surface area contributed by atoms with Crippen LogP contribution in [0.25, 0.3) is 0 Å². The molecule has 0 amide bonds. The maximum Gasteiger partial charge on any atom is 0.307 e. The molecule has 3 bridgehead atoms. The summed E-state index contributed by atoms with van der Waals surface area (Å²) in [5.41, 5.74) is -0.498. The highest BCUT2D eigenvalue weighted by Crippen LogP contribution is 2.78. The smallest absolute Gasteiger partial charge is 0.307 e. The van der Waals surface area contributed by atoms with Crippen LogP contribution in [0.1, 0.15) is 44.9 Å². The molecule has 1 N–H and O–H groups in total. The fourth-order valence-corrected chi connectivity index (χ4v) is 6.26. The number of aliphatic hydroxyl groups is 1. The Bertz CT molecular complexity index is 421. The summed E-state index contributed by atoms with van der Waals surface area (Å²) in [4.78, 5) is 11.8. The highest BCUT2D eigenvalue weighted by Gasteiger charge is 2.76. The Balaban J connectivity index is 1.62. The Hall–Kier alpha value is 0.160. The van der Waals surface area contributed by atoms with E-state index in [9.17, 15) is 9.90 Å². The van der Waals surface area contributed by atoms with Crippen molar-refractivity contribution in [2.75, 3.05) is 4.43 Å². The van der Waals surface area contributed by atoms with E-state index in [2.05, 4.69) is 22.6 Å². The summed E-state index contributed by atoms with van der Waals surface area (Å²) in [6, 6.07) is 0. The highest BCUT2D eigenvalue weighted by atomic mass is 127. The van der Waals surface area contributed by atoms with E-state index < -0.39 is 5.60 Å². The van der Waals surface area contributed by atoms with Crippen LogP contribution in [0.2, 0.25) is 0 Å². The summed E-state index contributed by atoms with van der Waals surface area (Å²) in [6.45, 7) is 0. The highest BCUT2D eigenvalue weighted by molar-refractivity contribution is 14.1. The van der Waals surface area contributed by atoms with Gasteiger partial charge < -0.3 is 9.84 Å². The van der Waals surface area contributed by atoms with Crippen LogP contribution in [0.3, 0.4) is 0 Å². The van der Waals surface area contributed by atoms with Gasteiger partial charge in [-0.05, 0) is 49.4 Å². The minimum atomic E-state index is -0.529. The Morgan fingerprint density at radius 2 is 2.06 bits per heavy atom. The average molecular weight is 362 g/mol. The van der Waals surface area contributed by atoms with E-state index in [0.29, 0.717) is 30.1 Å². The lowest BCUT2D eigenvalue weighted by molar-refractivity contribution is -0.170. The first-order chi connectivity index (χ1) is 8.49. The molecule has 0 aliphatic heterocycles. The number of esters is 1. The third-order valence-electron chi connectivity index (χ3n) is 6.03. The Morgan fingerprint density at radius 3 is 2.83 bits per heavy atom. The topological polar surface area (TPSA) is 46.5 Å². The first-order valence-electron chi connectivity index (χ1n) is 7.00. The number of hydrogen-bond acceptors (Lipinski definition) is 3. The molecule has 4 heteroatoms. The van der Waals surface area contributed by atoms with Crippen molar-refractivity contribution >= 4 is 28.6 Å². The van der Waals surface area contributed by atoms with Crippen LogP contribution in [0.5, 0.6) is 0 Å². The molecule has 0 saturated heterocycles. The second-order valence-corrected chi connectivity index (χ2v) is 8.20. The van der Waals surface area contributed by atoms with E-state index in [1.807, 2.05) is 0 Å². The monoisotopic (exact) mass is 362 g/mol. The van der Waals surface area contributed by atoms with Crippen LogP contribution in [0, 0.1) is 17.3 Å². The van der Waals surface area contributed by atoms with Crippen LogP contribution in [0.4, 0.5) is 0 Å². The van der Waals surface area contributed by atoms with Crippen LogP contribution in [-0.4, -0.2) is 26.7 Å². The van der Waals surface area contributed by atoms with Crippen molar-refractivity contribution in [3.63, 3.8) is 0 Å². The first kappa shape index (κ1) is 11.9. The maximum absolute atomic E-state index is 11.8. The van der Waals surface area contributed by atoms with Crippen molar-refractivity contribution in [3.05, 3.63) is 0 Å². The molecule has 4 fully saturated rings. The Morgan fingerprint density at radius 1 is 1.28 bits per heavy atom. The van der Waals surface area contributed by atoms with Crippen LogP contribution < -0.4 is 0 Å². The molecule has 1 spiro atoms. The fraction of sp³-hybridized carbons (Fsp3) is 0.929. The molecule has 3 nitrogen and oxygen atoms in total. The van der Waals surface area contributed by atoms with Gasteiger partial charge in [-0.3, -0.25) is 4.79 Å². The quantitative estimate of drug-likeness (QED) is 0.477. The Kier molecular flexibility index (Phi) is 2.27. The number of hydrogen-bond donors (Lipinski definition) is 1. The lowest BCUT2D eigenvalue weighted by Crippen LogP contribution is -2.46.